The molecule has 0 aromatic carbocycles. The number of piperidine rings is 1. The van der Waals surface area contributed by atoms with Crippen molar-refractivity contribution in [3.05, 3.63) is 59.6 Å². The second-order valence-electron chi connectivity index (χ2n) is 6.86. The fourth-order valence-electron chi connectivity index (χ4n) is 3.51. The number of likely N-dealkylation sites (tertiary alicyclic amines) is 1. The standard InChI is InChI=1S/C20H21N5O2/c1-13-10-18(27-24-13)17-12-22-14(2)23-19(17)15-5-8-25(9-6-15)20(26)16-4-3-7-21-11-16/h3-4,7,10-12,15H,5-6,8-9H2,1-2H3. The largest absolute Gasteiger partial charge is 0.356 e. The zero-order chi connectivity index (χ0) is 18.8. The van der Waals surface area contributed by atoms with Crippen LogP contribution in [0.3, 0.4) is 0 Å². The second kappa shape index (κ2) is 7.26. The summed E-state index contributed by atoms with van der Waals surface area (Å²) in [6.07, 6.45) is 6.80. The molecule has 4 heterocycles. The zero-order valence-electron chi connectivity index (χ0n) is 15.4. The van der Waals surface area contributed by atoms with Crippen LogP contribution < -0.4 is 0 Å². The van der Waals surface area contributed by atoms with E-state index < -0.39 is 0 Å². The Labute approximate surface area is 157 Å². The molecule has 0 aliphatic carbocycles. The van der Waals surface area contributed by atoms with Gasteiger partial charge in [0.2, 0.25) is 0 Å². The Hall–Kier alpha value is -3.09. The average Bonchev–Trinajstić information content (AvgIpc) is 3.14. The molecule has 1 saturated heterocycles. The maximum Gasteiger partial charge on any atom is 0.255 e. The topological polar surface area (TPSA) is 85.0 Å². The van der Waals surface area contributed by atoms with Gasteiger partial charge in [-0.15, -0.1) is 0 Å². The van der Waals surface area contributed by atoms with Crippen molar-refractivity contribution in [2.75, 3.05) is 13.1 Å². The monoisotopic (exact) mass is 363 g/mol. The van der Waals surface area contributed by atoms with Crippen LogP contribution in [0.25, 0.3) is 11.3 Å². The summed E-state index contributed by atoms with van der Waals surface area (Å²) in [6, 6.07) is 5.49. The lowest BCUT2D eigenvalue weighted by atomic mass is 9.90. The quantitative estimate of drug-likeness (QED) is 0.710. The minimum atomic E-state index is 0.0338. The molecule has 0 unspecified atom stereocenters. The molecule has 0 bridgehead atoms. The highest BCUT2D eigenvalue weighted by Gasteiger charge is 2.28. The zero-order valence-corrected chi connectivity index (χ0v) is 15.4. The highest BCUT2D eigenvalue weighted by Crippen LogP contribution is 2.34. The Morgan fingerprint density at radius 3 is 2.70 bits per heavy atom. The molecular weight excluding hydrogens is 342 g/mol. The smallest absolute Gasteiger partial charge is 0.255 e. The van der Waals surface area contributed by atoms with Crippen LogP contribution in [0.15, 0.2) is 41.3 Å². The van der Waals surface area contributed by atoms with Crippen molar-refractivity contribution in [2.24, 2.45) is 0 Å². The summed E-state index contributed by atoms with van der Waals surface area (Å²) in [5, 5.41) is 3.98. The van der Waals surface area contributed by atoms with Gasteiger partial charge in [-0.05, 0) is 38.8 Å². The van der Waals surface area contributed by atoms with Crippen molar-refractivity contribution in [3.8, 4) is 11.3 Å². The van der Waals surface area contributed by atoms with Crippen LogP contribution in [0, 0.1) is 13.8 Å². The Balaban J connectivity index is 1.53. The van der Waals surface area contributed by atoms with Gasteiger partial charge >= 0.3 is 0 Å². The highest BCUT2D eigenvalue weighted by molar-refractivity contribution is 5.93. The lowest BCUT2D eigenvalue weighted by molar-refractivity contribution is 0.0711. The molecule has 1 aliphatic rings. The van der Waals surface area contributed by atoms with E-state index in [1.165, 1.54) is 0 Å². The van der Waals surface area contributed by atoms with Gasteiger partial charge in [-0.2, -0.15) is 0 Å². The third-order valence-corrected chi connectivity index (χ3v) is 4.91. The van der Waals surface area contributed by atoms with Crippen molar-refractivity contribution < 1.29 is 9.32 Å². The van der Waals surface area contributed by atoms with Gasteiger partial charge in [-0.3, -0.25) is 9.78 Å². The maximum atomic E-state index is 12.6. The molecule has 4 rings (SSSR count). The van der Waals surface area contributed by atoms with E-state index in [0.29, 0.717) is 24.4 Å². The minimum Gasteiger partial charge on any atom is -0.356 e. The molecule has 138 valence electrons. The highest BCUT2D eigenvalue weighted by atomic mass is 16.5. The molecule has 1 aliphatic heterocycles. The van der Waals surface area contributed by atoms with Crippen molar-refractivity contribution in [1.82, 2.24) is 25.0 Å². The number of rotatable bonds is 3. The number of carbonyl (C=O) groups is 1. The fraction of sp³-hybridized carbons (Fsp3) is 0.350. The molecule has 27 heavy (non-hydrogen) atoms. The molecule has 7 nitrogen and oxygen atoms in total. The van der Waals surface area contributed by atoms with Crippen LogP contribution in [-0.2, 0) is 0 Å². The predicted octanol–water partition coefficient (Wildman–Crippen LogP) is 3.16. The van der Waals surface area contributed by atoms with Crippen LogP contribution in [0.2, 0.25) is 0 Å². The third-order valence-electron chi connectivity index (χ3n) is 4.91. The number of pyridine rings is 1. The SMILES string of the molecule is Cc1cc(-c2cnc(C)nc2C2CCN(C(=O)c3cccnc3)CC2)on1. The summed E-state index contributed by atoms with van der Waals surface area (Å²) in [5.74, 6) is 1.71. The van der Waals surface area contributed by atoms with Crippen LogP contribution >= 0.6 is 0 Å². The molecule has 1 fully saturated rings. The first kappa shape index (κ1) is 17.3. The summed E-state index contributed by atoms with van der Waals surface area (Å²) in [4.78, 5) is 27.6. The van der Waals surface area contributed by atoms with Gasteiger partial charge < -0.3 is 9.42 Å². The molecule has 0 radical (unpaired) electrons. The van der Waals surface area contributed by atoms with Crippen LogP contribution in [0.1, 0.15) is 46.3 Å². The van der Waals surface area contributed by atoms with Crippen LogP contribution in [0.5, 0.6) is 0 Å². The van der Waals surface area contributed by atoms with E-state index in [1.54, 1.807) is 24.5 Å². The summed E-state index contributed by atoms with van der Waals surface area (Å²) in [7, 11) is 0. The first-order valence-corrected chi connectivity index (χ1v) is 9.08. The predicted molar refractivity (Wildman–Crippen MR) is 99.1 cm³/mol. The molecule has 3 aromatic heterocycles. The lowest BCUT2D eigenvalue weighted by Crippen LogP contribution is -2.38. The van der Waals surface area contributed by atoms with E-state index in [0.717, 1.165) is 35.6 Å². The number of carbonyl (C=O) groups excluding carboxylic acids is 1. The van der Waals surface area contributed by atoms with Gasteiger partial charge in [-0.25, -0.2) is 9.97 Å². The number of hydrogen-bond acceptors (Lipinski definition) is 6. The van der Waals surface area contributed by atoms with Crippen molar-refractivity contribution in [3.63, 3.8) is 0 Å². The van der Waals surface area contributed by atoms with Gasteiger partial charge in [0, 0.05) is 43.7 Å². The van der Waals surface area contributed by atoms with Crippen LogP contribution in [0.4, 0.5) is 0 Å². The van der Waals surface area contributed by atoms with E-state index in [1.807, 2.05) is 31.0 Å². The molecule has 0 saturated carbocycles. The number of amides is 1. The third kappa shape index (κ3) is 3.58. The molecular formula is C20H21N5O2. The van der Waals surface area contributed by atoms with E-state index in [9.17, 15) is 4.79 Å². The fourth-order valence-corrected chi connectivity index (χ4v) is 3.51. The van der Waals surface area contributed by atoms with E-state index in [-0.39, 0.29) is 11.8 Å². The first-order valence-electron chi connectivity index (χ1n) is 9.08. The normalized spacial score (nSPS) is 15.1. The summed E-state index contributed by atoms with van der Waals surface area (Å²) < 4.78 is 5.44. The molecule has 1 amide bonds. The summed E-state index contributed by atoms with van der Waals surface area (Å²) >= 11 is 0. The molecule has 0 atom stereocenters. The first-order chi connectivity index (χ1) is 13.1. The second-order valence-corrected chi connectivity index (χ2v) is 6.86. The number of nitrogens with zero attached hydrogens (tertiary/aromatic N) is 5. The molecule has 7 heteroatoms. The van der Waals surface area contributed by atoms with Gasteiger partial charge in [0.15, 0.2) is 5.76 Å². The average molecular weight is 363 g/mol. The Bertz CT molecular complexity index is 946. The summed E-state index contributed by atoms with van der Waals surface area (Å²) in [6.45, 7) is 5.16. The molecule has 0 N–H and O–H groups in total. The molecule has 3 aromatic rings. The summed E-state index contributed by atoms with van der Waals surface area (Å²) in [5.41, 5.74) is 3.32. The van der Waals surface area contributed by atoms with Gasteiger partial charge in [0.05, 0.1) is 22.5 Å². The number of hydrogen-bond donors (Lipinski definition) is 0. The van der Waals surface area contributed by atoms with E-state index in [2.05, 4.69) is 15.1 Å². The van der Waals surface area contributed by atoms with Crippen molar-refractivity contribution in [2.45, 2.75) is 32.6 Å². The number of aromatic nitrogens is 4. The van der Waals surface area contributed by atoms with Gasteiger partial charge in [0.25, 0.3) is 5.91 Å². The Morgan fingerprint density at radius 1 is 1.22 bits per heavy atom. The number of aryl methyl sites for hydroxylation is 2. The minimum absolute atomic E-state index is 0.0338. The van der Waals surface area contributed by atoms with E-state index >= 15 is 0 Å². The van der Waals surface area contributed by atoms with Crippen molar-refractivity contribution in [1.29, 1.82) is 0 Å². The van der Waals surface area contributed by atoms with Gasteiger partial charge in [0.1, 0.15) is 5.82 Å². The Kier molecular flexibility index (Phi) is 4.66. The van der Waals surface area contributed by atoms with Crippen LogP contribution in [-0.4, -0.2) is 44.0 Å². The van der Waals surface area contributed by atoms with Crippen molar-refractivity contribution >= 4 is 5.91 Å². The van der Waals surface area contributed by atoms with E-state index in [4.69, 9.17) is 9.51 Å². The lowest BCUT2D eigenvalue weighted by Gasteiger charge is -2.32. The Morgan fingerprint density at radius 2 is 2.04 bits per heavy atom. The maximum absolute atomic E-state index is 12.6. The van der Waals surface area contributed by atoms with Gasteiger partial charge in [-0.1, -0.05) is 5.16 Å². The molecule has 0 spiro atoms.